The van der Waals surface area contributed by atoms with Gasteiger partial charge in [-0.25, -0.2) is 25.4 Å². The summed E-state index contributed by atoms with van der Waals surface area (Å²) in [6.07, 6.45) is 0. The van der Waals surface area contributed by atoms with Gasteiger partial charge in [0.15, 0.2) is 0 Å². The zero-order chi connectivity index (χ0) is 18.9. The molecule has 0 atom stereocenters. The molecular formula is C14H19N7O4S. The molecule has 11 nitrogen and oxygen atoms in total. The van der Waals surface area contributed by atoms with Gasteiger partial charge < -0.3 is 10.1 Å². The van der Waals surface area contributed by atoms with E-state index >= 15 is 0 Å². The Balaban J connectivity index is 1.68. The second kappa shape index (κ2) is 9.48. The van der Waals surface area contributed by atoms with Gasteiger partial charge in [-0.1, -0.05) is 0 Å². The Kier molecular flexibility index (Phi) is 7.05. The lowest BCUT2D eigenvalue weighted by Gasteiger charge is -2.25. The van der Waals surface area contributed by atoms with Gasteiger partial charge in [-0.15, -0.1) is 0 Å². The second-order valence-electron chi connectivity index (χ2n) is 4.99. The second-order valence-corrected chi connectivity index (χ2v) is 5.77. The third-order valence-electron chi connectivity index (χ3n) is 2.93. The Morgan fingerprint density at radius 2 is 2.08 bits per heavy atom. The van der Waals surface area contributed by atoms with Crippen LogP contribution in [0.5, 0.6) is 5.75 Å². The fourth-order valence-corrected chi connectivity index (χ4v) is 2.25. The first kappa shape index (κ1) is 19.3. The molecule has 0 unspecified atom stereocenters. The van der Waals surface area contributed by atoms with Gasteiger partial charge in [0, 0.05) is 17.6 Å². The van der Waals surface area contributed by atoms with Gasteiger partial charge in [-0.05, 0) is 38.1 Å². The summed E-state index contributed by atoms with van der Waals surface area (Å²) in [7, 11) is 0. The molecule has 5 amide bonds. The topological polar surface area (TPSA) is 136 Å². The average molecular weight is 381 g/mol. The van der Waals surface area contributed by atoms with Crippen molar-refractivity contribution in [3.63, 3.8) is 0 Å². The maximum atomic E-state index is 11.8. The molecule has 0 spiro atoms. The van der Waals surface area contributed by atoms with Crippen molar-refractivity contribution in [3.05, 3.63) is 24.3 Å². The van der Waals surface area contributed by atoms with E-state index in [1.165, 1.54) is 0 Å². The summed E-state index contributed by atoms with van der Waals surface area (Å²) in [4.78, 5) is 37.4. The summed E-state index contributed by atoms with van der Waals surface area (Å²) in [6.45, 7) is 4.30. The summed E-state index contributed by atoms with van der Waals surface area (Å²) >= 11 is 0.631. The van der Waals surface area contributed by atoms with Crippen LogP contribution < -0.4 is 31.2 Å². The highest BCUT2D eigenvalue weighted by Crippen LogP contribution is 2.16. The van der Waals surface area contributed by atoms with E-state index in [-0.39, 0.29) is 6.54 Å². The fraction of sp³-hybridized carbons (Fsp3) is 0.286. The van der Waals surface area contributed by atoms with Crippen LogP contribution in [0.25, 0.3) is 0 Å². The van der Waals surface area contributed by atoms with Gasteiger partial charge in [0.1, 0.15) is 5.75 Å². The largest absolute Gasteiger partial charge is 0.494 e. The molecule has 1 aliphatic rings. The standard InChI is InChI=1S/C14H19N7O4S/c1-3-25-11-6-4-10(5-7-11)15-14(24)26-20-17-12(22)19-21-8-9(2)16-18-13(21)23/h4-7,20H,3,8H2,1-2H3,(H,15,24)(H,18,23)(H2,17,19,22). The number of hydrogen-bond acceptors (Lipinski definition) is 7. The number of ether oxygens (including phenoxy) is 1. The Morgan fingerprint density at radius 3 is 2.77 bits per heavy atom. The van der Waals surface area contributed by atoms with Gasteiger partial charge in [-0.2, -0.15) is 9.93 Å². The molecule has 5 N–H and O–H groups in total. The number of nitrogens with zero attached hydrogens (tertiary/aromatic N) is 2. The third kappa shape index (κ3) is 6.14. The number of hydrazine groups is 2. The van der Waals surface area contributed by atoms with Crippen molar-refractivity contribution in [1.29, 1.82) is 0 Å². The minimum Gasteiger partial charge on any atom is -0.494 e. The number of hydrazone groups is 1. The van der Waals surface area contributed by atoms with Gasteiger partial charge >= 0.3 is 12.1 Å². The lowest BCUT2D eigenvalue weighted by Crippen LogP contribution is -2.57. The van der Waals surface area contributed by atoms with Crippen LogP contribution >= 0.6 is 11.9 Å². The van der Waals surface area contributed by atoms with Crippen LogP contribution in [-0.4, -0.2) is 41.2 Å². The molecule has 1 aliphatic heterocycles. The average Bonchev–Trinajstić information content (AvgIpc) is 2.60. The minimum atomic E-state index is -0.712. The van der Waals surface area contributed by atoms with Crippen molar-refractivity contribution >= 4 is 40.6 Å². The first-order chi connectivity index (χ1) is 12.5. The molecule has 0 saturated heterocycles. The summed E-state index contributed by atoms with van der Waals surface area (Å²) in [5, 5.41) is 6.96. The summed E-state index contributed by atoms with van der Waals surface area (Å²) in [5.41, 5.74) is 7.98. The lowest BCUT2D eigenvalue weighted by atomic mass is 10.3. The smallest absolute Gasteiger partial charge is 0.356 e. The monoisotopic (exact) mass is 381 g/mol. The number of anilines is 1. The zero-order valence-electron chi connectivity index (χ0n) is 14.2. The van der Waals surface area contributed by atoms with Crippen LogP contribution in [0, 0.1) is 0 Å². The number of urea groups is 2. The SMILES string of the molecule is CCOc1ccc(NC(=O)SNNC(=O)NN2CC(C)=NNC2=O)cc1. The van der Waals surface area contributed by atoms with E-state index in [0.29, 0.717) is 35.7 Å². The van der Waals surface area contributed by atoms with E-state index in [1.54, 1.807) is 31.2 Å². The molecule has 0 bridgehead atoms. The number of amides is 5. The summed E-state index contributed by atoms with van der Waals surface area (Å²) in [6, 6.07) is 5.59. The maximum Gasteiger partial charge on any atom is 0.356 e. The number of benzene rings is 1. The molecule has 0 fully saturated rings. The van der Waals surface area contributed by atoms with Crippen LogP contribution in [0.15, 0.2) is 29.4 Å². The molecule has 12 heteroatoms. The number of carbonyl (C=O) groups is 3. The number of hydrogen-bond donors (Lipinski definition) is 5. The van der Waals surface area contributed by atoms with Crippen molar-refractivity contribution in [3.8, 4) is 5.75 Å². The first-order valence-corrected chi connectivity index (χ1v) is 8.42. The Hall–Kier alpha value is -2.99. The van der Waals surface area contributed by atoms with Crippen molar-refractivity contribution in [2.75, 3.05) is 18.5 Å². The normalized spacial score (nSPS) is 13.4. The Morgan fingerprint density at radius 1 is 1.35 bits per heavy atom. The number of carbonyl (C=O) groups excluding carboxylic acids is 3. The predicted octanol–water partition coefficient (Wildman–Crippen LogP) is 1.39. The molecule has 0 aromatic heterocycles. The third-order valence-corrected chi connectivity index (χ3v) is 3.42. The van der Waals surface area contributed by atoms with Gasteiger partial charge in [-0.3, -0.25) is 10.2 Å². The molecule has 1 aromatic rings. The fourth-order valence-electron chi connectivity index (χ4n) is 1.84. The highest BCUT2D eigenvalue weighted by atomic mass is 32.2. The molecule has 26 heavy (non-hydrogen) atoms. The van der Waals surface area contributed by atoms with Gasteiger partial charge in [0.2, 0.25) is 0 Å². The molecule has 1 aromatic carbocycles. The van der Waals surface area contributed by atoms with Gasteiger partial charge in [0.05, 0.1) is 18.9 Å². The van der Waals surface area contributed by atoms with Crippen LogP contribution in [0.4, 0.5) is 20.1 Å². The maximum absolute atomic E-state index is 11.8. The number of nitrogens with one attached hydrogen (secondary N) is 5. The highest BCUT2D eigenvalue weighted by Gasteiger charge is 2.20. The van der Waals surface area contributed by atoms with Crippen LogP contribution in [0.1, 0.15) is 13.8 Å². The lowest BCUT2D eigenvalue weighted by molar-refractivity contribution is 0.172. The molecule has 0 aliphatic carbocycles. The molecule has 140 valence electrons. The Labute approximate surface area is 154 Å². The molecule has 0 saturated carbocycles. The Bertz CT molecular complexity index is 695. The molecular weight excluding hydrogens is 362 g/mol. The minimum absolute atomic E-state index is 0.157. The van der Waals surface area contributed by atoms with E-state index in [1.807, 2.05) is 6.92 Å². The number of rotatable bonds is 6. The first-order valence-electron chi connectivity index (χ1n) is 7.61. The summed E-state index contributed by atoms with van der Waals surface area (Å²) < 4.78 is 5.31. The quantitative estimate of drug-likeness (QED) is 0.373. The highest BCUT2D eigenvalue weighted by molar-refractivity contribution is 8.12. The molecule has 1 heterocycles. The van der Waals surface area contributed by atoms with E-state index in [4.69, 9.17) is 4.74 Å². The van der Waals surface area contributed by atoms with Crippen LogP contribution in [-0.2, 0) is 0 Å². The zero-order valence-corrected chi connectivity index (χ0v) is 15.0. The predicted molar refractivity (Wildman–Crippen MR) is 97.4 cm³/mol. The van der Waals surface area contributed by atoms with E-state index < -0.39 is 17.3 Å². The van der Waals surface area contributed by atoms with E-state index in [2.05, 4.69) is 31.5 Å². The van der Waals surface area contributed by atoms with Crippen molar-refractivity contribution in [1.82, 2.24) is 26.1 Å². The summed E-state index contributed by atoms with van der Waals surface area (Å²) in [5.74, 6) is 0.705. The van der Waals surface area contributed by atoms with Crippen molar-refractivity contribution in [2.45, 2.75) is 13.8 Å². The van der Waals surface area contributed by atoms with Crippen molar-refractivity contribution in [2.24, 2.45) is 5.10 Å². The van der Waals surface area contributed by atoms with Crippen molar-refractivity contribution < 1.29 is 19.1 Å². The van der Waals surface area contributed by atoms with Crippen LogP contribution in [0.2, 0.25) is 0 Å². The molecule has 2 rings (SSSR count). The molecule has 0 radical (unpaired) electrons. The van der Waals surface area contributed by atoms with Crippen LogP contribution in [0.3, 0.4) is 0 Å². The van der Waals surface area contributed by atoms with E-state index in [9.17, 15) is 14.4 Å². The van der Waals surface area contributed by atoms with E-state index in [0.717, 1.165) is 5.01 Å². The van der Waals surface area contributed by atoms with Gasteiger partial charge in [0.25, 0.3) is 5.24 Å².